The molecule has 0 spiro atoms. The van der Waals surface area contributed by atoms with Crippen molar-refractivity contribution >= 4 is 40.0 Å². The van der Waals surface area contributed by atoms with Gasteiger partial charge in [-0.2, -0.15) is 0 Å². The number of aromatic hydroxyl groups is 1. The summed E-state index contributed by atoms with van der Waals surface area (Å²) in [4.78, 5) is 39.3. The first-order valence-corrected chi connectivity index (χ1v) is 15.6. The summed E-state index contributed by atoms with van der Waals surface area (Å²) in [5.41, 5.74) is 3.52. The minimum atomic E-state index is -0.938. The summed E-state index contributed by atoms with van der Waals surface area (Å²) in [5, 5.41) is 45.8. The number of allylic oxidation sites excluding steroid dienone is 2. The Morgan fingerprint density at radius 1 is 1.04 bits per heavy atom. The Kier molecular flexibility index (Phi) is 9.51. The average molecular weight is 613 g/mol. The van der Waals surface area contributed by atoms with Gasteiger partial charge in [-0.15, -0.1) is 0 Å². The standard InChI is InChI=1S/C36H40N2O7/c1-4-8-22(17-23-14-16-31(40)27-12-6-5-11-26(23)27)13-15-32(41)33-28(21(2)3)19-29-34(30(33)20-39)36(43)37(35(29)42)24-9-7-10-25(18-24)38(44)45/h5-7,9-12,14,16-18,21,29-30,32,34,39-41H,4,8,13,15,19-20H2,1-3H3/b22-17+/t29-,30+,32-,34-/m1/s1. The zero-order chi connectivity index (χ0) is 32.4. The molecule has 2 amide bonds. The molecular weight excluding hydrogens is 572 g/mol. The molecule has 1 aliphatic carbocycles. The van der Waals surface area contributed by atoms with Crippen LogP contribution in [-0.4, -0.2) is 44.8 Å². The molecule has 0 bridgehead atoms. The maximum Gasteiger partial charge on any atom is 0.271 e. The summed E-state index contributed by atoms with van der Waals surface area (Å²) >= 11 is 0. The first-order valence-electron chi connectivity index (χ1n) is 15.6. The van der Waals surface area contributed by atoms with E-state index in [-0.39, 0.29) is 29.5 Å². The highest BCUT2D eigenvalue weighted by Gasteiger charge is 2.55. The summed E-state index contributed by atoms with van der Waals surface area (Å²) in [6, 6.07) is 16.7. The fourth-order valence-electron chi connectivity index (χ4n) is 7.16. The van der Waals surface area contributed by atoms with Crippen molar-refractivity contribution in [1.82, 2.24) is 0 Å². The Balaban J connectivity index is 1.44. The Hall–Kier alpha value is -4.34. The van der Waals surface area contributed by atoms with E-state index < -0.39 is 47.2 Å². The van der Waals surface area contributed by atoms with Gasteiger partial charge < -0.3 is 15.3 Å². The molecule has 1 aliphatic heterocycles. The Labute approximate surface area is 262 Å². The molecule has 9 heteroatoms. The van der Waals surface area contributed by atoms with Crippen LogP contribution in [0.5, 0.6) is 5.75 Å². The number of aliphatic hydroxyl groups is 2. The van der Waals surface area contributed by atoms with Gasteiger partial charge in [0.1, 0.15) is 5.75 Å². The lowest BCUT2D eigenvalue weighted by atomic mass is 9.66. The van der Waals surface area contributed by atoms with E-state index in [1.807, 2.05) is 44.2 Å². The van der Waals surface area contributed by atoms with Gasteiger partial charge >= 0.3 is 0 Å². The van der Waals surface area contributed by atoms with Crippen LogP contribution < -0.4 is 4.90 Å². The number of anilines is 1. The molecule has 5 rings (SSSR count). The van der Waals surface area contributed by atoms with Crippen molar-refractivity contribution in [2.75, 3.05) is 11.5 Å². The van der Waals surface area contributed by atoms with E-state index in [0.29, 0.717) is 18.4 Å². The van der Waals surface area contributed by atoms with Crippen LogP contribution in [0.25, 0.3) is 16.8 Å². The lowest BCUT2D eigenvalue weighted by Crippen LogP contribution is -2.39. The van der Waals surface area contributed by atoms with Crippen molar-refractivity contribution in [1.29, 1.82) is 0 Å². The maximum atomic E-state index is 13.8. The van der Waals surface area contributed by atoms with Crippen LogP contribution in [0, 0.1) is 33.8 Å². The summed E-state index contributed by atoms with van der Waals surface area (Å²) < 4.78 is 0. The van der Waals surface area contributed by atoms with Crippen LogP contribution in [0.2, 0.25) is 0 Å². The quantitative estimate of drug-likeness (QED) is 0.0965. The fourth-order valence-corrected chi connectivity index (χ4v) is 7.16. The largest absolute Gasteiger partial charge is 0.507 e. The van der Waals surface area contributed by atoms with E-state index in [2.05, 4.69) is 13.0 Å². The van der Waals surface area contributed by atoms with Gasteiger partial charge in [0, 0.05) is 23.4 Å². The summed E-state index contributed by atoms with van der Waals surface area (Å²) in [5.74, 6) is -3.11. The number of nitro benzene ring substituents is 1. The lowest BCUT2D eigenvalue weighted by Gasteiger charge is -2.38. The third kappa shape index (κ3) is 6.15. The number of hydrogen-bond acceptors (Lipinski definition) is 7. The minimum absolute atomic E-state index is 0.0339. The fraction of sp³-hybridized carbons (Fsp3) is 0.389. The van der Waals surface area contributed by atoms with Gasteiger partial charge in [0.05, 0.1) is 35.2 Å². The number of imide groups is 1. The SMILES string of the molecule is CCC/C(=C\c1ccc(O)c2ccccc12)CC[C@@H](O)C1=C(C(C)C)C[C@H]2C(=O)N(c3cccc([N+](=O)[O-])c3)C(=O)[C@H]2[C@H]1CO. The molecule has 3 aromatic carbocycles. The van der Waals surface area contributed by atoms with Crippen LogP contribution >= 0.6 is 0 Å². The number of amides is 2. The van der Waals surface area contributed by atoms with Crippen molar-refractivity contribution in [2.24, 2.45) is 23.7 Å². The summed E-state index contributed by atoms with van der Waals surface area (Å²) in [7, 11) is 0. The molecule has 0 radical (unpaired) electrons. The van der Waals surface area contributed by atoms with E-state index >= 15 is 0 Å². The van der Waals surface area contributed by atoms with Gasteiger partial charge in [-0.05, 0) is 60.3 Å². The van der Waals surface area contributed by atoms with Gasteiger partial charge in [0.15, 0.2) is 0 Å². The number of nitro groups is 1. The number of nitrogens with zero attached hydrogens (tertiary/aromatic N) is 2. The van der Waals surface area contributed by atoms with Crippen LogP contribution in [0.4, 0.5) is 11.4 Å². The van der Waals surface area contributed by atoms with E-state index in [9.17, 15) is 35.0 Å². The summed E-state index contributed by atoms with van der Waals surface area (Å²) in [6.45, 7) is 5.64. The van der Waals surface area contributed by atoms with Gasteiger partial charge in [-0.1, -0.05) is 80.8 Å². The molecule has 1 saturated heterocycles. The molecule has 1 fully saturated rings. The topological polar surface area (TPSA) is 141 Å². The van der Waals surface area contributed by atoms with Crippen molar-refractivity contribution in [3.05, 3.63) is 93.1 Å². The predicted octanol–water partition coefficient (Wildman–Crippen LogP) is 6.55. The number of rotatable bonds is 11. The highest BCUT2D eigenvalue weighted by molar-refractivity contribution is 6.22. The highest BCUT2D eigenvalue weighted by Crippen LogP contribution is 2.49. The van der Waals surface area contributed by atoms with E-state index in [1.165, 1.54) is 24.3 Å². The monoisotopic (exact) mass is 612 g/mol. The third-order valence-corrected chi connectivity index (χ3v) is 9.28. The molecule has 3 aromatic rings. The number of carbonyl (C=O) groups excluding carboxylic acids is 2. The van der Waals surface area contributed by atoms with Gasteiger partial charge in [-0.3, -0.25) is 19.7 Å². The van der Waals surface area contributed by atoms with Crippen LogP contribution in [0.15, 0.2) is 77.4 Å². The lowest BCUT2D eigenvalue weighted by molar-refractivity contribution is -0.384. The van der Waals surface area contributed by atoms with Crippen LogP contribution in [0.3, 0.4) is 0 Å². The molecule has 9 nitrogen and oxygen atoms in total. The van der Waals surface area contributed by atoms with Crippen LogP contribution in [0.1, 0.15) is 58.4 Å². The van der Waals surface area contributed by atoms with E-state index in [0.717, 1.165) is 45.2 Å². The molecule has 1 heterocycles. The number of phenols is 1. The molecule has 2 aliphatic rings. The van der Waals surface area contributed by atoms with Crippen molar-refractivity contribution in [3.8, 4) is 5.75 Å². The average Bonchev–Trinajstić information content (AvgIpc) is 3.29. The molecular formula is C36H40N2O7. The normalized spacial score (nSPS) is 21.2. The van der Waals surface area contributed by atoms with E-state index in [1.54, 1.807) is 6.07 Å². The molecule has 0 saturated carbocycles. The Morgan fingerprint density at radius 2 is 1.78 bits per heavy atom. The number of aliphatic hydroxyl groups excluding tert-OH is 2. The molecule has 4 atom stereocenters. The second-order valence-electron chi connectivity index (χ2n) is 12.4. The van der Waals surface area contributed by atoms with Gasteiger partial charge in [0.25, 0.3) is 5.69 Å². The van der Waals surface area contributed by atoms with Crippen molar-refractivity contribution < 1.29 is 29.8 Å². The summed E-state index contributed by atoms with van der Waals surface area (Å²) in [6.07, 6.45) is 4.13. The zero-order valence-corrected chi connectivity index (χ0v) is 25.8. The smallest absolute Gasteiger partial charge is 0.271 e. The van der Waals surface area contributed by atoms with Gasteiger partial charge in [0.2, 0.25) is 11.8 Å². The number of carbonyl (C=O) groups is 2. The number of non-ortho nitro benzene ring substituents is 1. The third-order valence-electron chi connectivity index (χ3n) is 9.28. The number of benzene rings is 3. The van der Waals surface area contributed by atoms with Crippen molar-refractivity contribution in [3.63, 3.8) is 0 Å². The molecule has 0 unspecified atom stereocenters. The van der Waals surface area contributed by atoms with Crippen LogP contribution in [-0.2, 0) is 9.59 Å². The first kappa shape index (κ1) is 32.1. The van der Waals surface area contributed by atoms with E-state index in [4.69, 9.17) is 0 Å². The zero-order valence-electron chi connectivity index (χ0n) is 25.8. The number of hydrogen-bond donors (Lipinski definition) is 3. The van der Waals surface area contributed by atoms with Crippen molar-refractivity contribution in [2.45, 2.75) is 59.0 Å². The van der Waals surface area contributed by atoms with Gasteiger partial charge in [-0.25, -0.2) is 4.90 Å². The second-order valence-corrected chi connectivity index (χ2v) is 12.4. The first-order chi connectivity index (χ1) is 21.6. The highest BCUT2D eigenvalue weighted by atomic mass is 16.6. The minimum Gasteiger partial charge on any atom is -0.507 e. The molecule has 0 aromatic heterocycles. The molecule has 45 heavy (non-hydrogen) atoms. The predicted molar refractivity (Wildman–Crippen MR) is 173 cm³/mol. The number of fused-ring (bicyclic) bond motifs is 2. The Morgan fingerprint density at radius 3 is 2.44 bits per heavy atom. The Bertz CT molecular complexity index is 1690. The molecule has 236 valence electrons. The number of phenolic OH excluding ortho intramolecular Hbond substituents is 1. The molecule has 3 N–H and O–H groups in total. The maximum absolute atomic E-state index is 13.8. The second kappa shape index (κ2) is 13.3.